The predicted molar refractivity (Wildman–Crippen MR) is 163 cm³/mol. The number of unbranched alkanes of at least 4 members (excludes halogenated alkanes) is 6. The molecule has 0 bridgehead atoms. The normalized spacial score (nSPS) is 11.2. The zero-order valence-electron chi connectivity index (χ0n) is 22.2. The summed E-state index contributed by atoms with van der Waals surface area (Å²) in [5, 5.41) is 0. The van der Waals surface area contributed by atoms with E-state index < -0.39 is 0 Å². The van der Waals surface area contributed by atoms with Gasteiger partial charge in [-0.3, -0.25) is 0 Å². The number of halogens is 2. The van der Waals surface area contributed by atoms with Crippen molar-refractivity contribution in [3.8, 4) is 34.0 Å². The van der Waals surface area contributed by atoms with E-state index in [0.717, 1.165) is 70.1 Å². The summed E-state index contributed by atoms with van der Waals surface area (Å²) in [5.41, 5.74) is 5.01. The monoisotopic (exact) mass is 639 g/mol. The quantitative estimate of drug-likeness (QED) is 0.101. The van der Waals surface area contributed by atoms with Crippen molar-refractivity contribution in [3.05, 3.63) is 63.8 Å². The Bertz CT molecular complexity index is 1210. The molecule has 0 spiro atoms. The molecule has 0 fully saturated rings. The maximum absolute atomic E-state index is 5.96. The Labute approximate surface area is 242 Å². The molecule has 38 heavy (non-hydrogen) atoms. The van der Waals surface area contributed by atoms with E-state index in [2.05, 4.69) is 62.8 Å². The fourth-order valence-electron chi connectivity index (χ4n) is 4.24. The Morgan fingerprint density at radius 1 is 0.605 bits per heavy atom. The maximum atomic E-state index is 5.96. The predicted octanol–water partition coefficient (Wildman–Crippen LogP) is 9.80. The van der Waals surface area contributed by atoms with Crippen molar-refractivity contribution >= 4 is 42.9 Å². The van der Waals surface area contributed by atoms with Crippen molar-refractivity contribution in [2.45, 2.75) is 65.2 Å². The largest absolute Gasteiger partial charge is 0.494 e. The van der Waals surface area contributed by atoms with Crippen molar-refractivity contribution in [2.75, 3.05) is 13.2 Å². The summed E-state index contributed by atoms with van der Waals surface area (Å²) in [6.45, 7) is 5.91. The Morgan fingerprint density at radius 2 is 1.08 bits per heavy atom. The summed E-state index contributed by atoms with van der Waals surface area (Å²) >= 11 is 7.16. The highest BCUT2D eigenvalue weighted by Gasteiger charge is 2.17. The molecule has 0 amide bonds. The van der Waals surface area contributed by atoms with Gasteiger partial charge in [0.1, 0.15) is 27.1 Å². The second-order valence-electron chi connectivity index (χ2n) is 9.38. The molecule has 200 valence electrons. The minimum absolute atomic E-state index is 0.662. The van der Waals surface area contributed by atoms with Crippen LogP contribution in [-0.4, -0.2) is 28.2 Å². The first kappa shape index (κ1) is 28.5. The molecule has 2 aromatic carbocycles. The zero-order chi connectivity index (χ0) is 26.7. The summed E-state index contributed by atoms with van der Waals surface area (Å²) < 4.78 is 13.4. The first-order chi connectivity index (χ1) is 18.6. The number of hydrogen-bond donors (Lipinski definition) is 0. The van der Waals surface area contributed by atoms with Crippen LogP contribution in [-0.2, 0) is 0 Å². The molecule has 4 rings (SSSR count). The average Bonchev–Trinajstić information content (AvgIpc) is 2.95. The Morgan fingerprint density at radius 3 is 1.55 bits per heavy atom. The topological polar surface area (TPSA) is 57.1 Å². The SMILES string of the molecule is CCCCCCOc1ccc(-c2nc3c(Br)cnc(Br)c3nc2-c2ccc(OCCCCCC)cc2)cc1. The molecule has 0 N–H and O–H groups in total. The van der Waals surface area contributed by atoms with E-state index in [1.54, 1.807) is 6.20 Å². The van der Waals surface area contributed by atoms with E-state index in [9.17, 15) is 0 Å². The minimum atomic E-state index is 0.662. The minimum Gasteiger partial charge on any atom is -0.494 e. The number of nitrogens with zero attached hydrogens (tertiary/aromatic N) is 3. The van der Waals surface area contributed by atoms with Crippen LogP contribution in [0.5, 0.6) is 11.5 Å². The van der Waals surface area contributed by atoms with E-state index in [1.165, 1.54) is 38.5 Å². The van der Waals surface area contributed by atoms with E-state index in [1.807, 2.05) is 36.4 Å². The summed E-state index contributed by atoms with van der Waals surface area (Å²) in [5.74, 6) is 1.74. The van der Waals surface area contributed by atoms with Crippen LogP contribution in [0.4, 0.5) is 0 Å². The number of hydrogen-bond acceptors (Lipinski definition) is 5. The third-order valence-corrected chi connectivity index (χ3v) is 7.56. The van der Waals surface area contributed by atoms with Gasteiger partial charge in [-0.15, -0.1) is 0 Å². The highest BCUT2D eigenvalue weighted by atomic mass is 79.9. The molecule has 5 nitrogen and oxygen atoms in total. The molecular weight excluding hydrogens is 606 g/mol. The van der Waals surface area contributed by atoms with Gasteiger partial charge in [0.15, 0.2) is 0 Å². The lowest BCUT2D eigenvalue weighted by molar-refractivity contribution is 0.305. The van der Waals surface area contributed by atoms with Crippen LogP contribution in [0.2, 0.25) is 0 Å². The van der Waals surface area contributed by atoms with Gasteiger partial charge in [-0.25, -0.2) is 15.0 Å². The number of ether oxygens (including phenoxy) is 2. The maximum Gasteiger partial charge on any atom is 0.133 e. The Hall–Kier alpha value is -2.51. The molecule has 0 unspecified atom stereocenters. The molecule has 0 radical (unpaired) electrons. The van der Waals surface area contributed by atoms with E-state index >= 15 is 0 Å². The zero-order valence-corrected chi connectivity index (χ0v) is 25.4. The molecule has 0 saturated heterocycles. The third-order valence-electron chi connectivity index (χ3n) is 6.40. The van der Waals surface area contributed by atoms with Gasteiger partial charge in [-0.05, 0) is 93.2 Å². The third kappa shape index (κ3) is 7.54. The van der Waals surface area contributed by atoms with Gasteiger partial charge in [0.25, 0.3) is 0 Å². The van der Waals surface area contributed by atoms with Crippen LogP contribution in [0.3, 0.4) is 0 Å². The van der Waals surface area contributed by atoms with E-state index in [-0.39, 0.29) is 0 Å². The van der Waals surface area contributed by atoms with Gasteiger partial charge < -0.3 is 9.47 Å². The molecular formula is C31H35Br2N3O2. The van der Waals surface area contributed by atoms with Crippen LogP contribution >= 0.6 is 31.9 Å². The van der Waals surface area contributed by atoms with Gasteiger partial charge in [-0.1, -0.05) is 52.4 Å². The van der Waals surface area contributed by atoms with Crippen LogP contribution in [0.15, 0.2) is 63.8 Å². The molecule has 0 aliphatic carbocycles. The molecule has 0 atom stereocenters. The molecule has 2 aromatic heterocycles. The van der Waals surface area contributed by atoms with Gasteiger partial charge in [0, 0.05) is 17.3 Å². The lowest BCUT2D eigenvalue weighted by Gasteiger charge is -2.13. The van der Waals surface area contributed by atoms with Crippen LogP contribution < -0.4 is 9.47 Å². The summed E-state index contributed by atoms with van der Waals surface area (Å²) in [4.78, 5) is 14.5. The summed E-state index contributed by atoms with van der Waals surface area (Å²) in [6.07, 6.45) is 11.2. The molecule has 0 saturated carbocycles. The van der Waals surface area contributed by atoms with Crippen molar-refractivity contribution in [3.63, 3.8) is 0 Å². The van der Waals surface area contributed by atoms with E-state index in [4.69, 9.17) is 19.4 Å². The van der Waals surface area contributed by atoms with Crippen molar-refractivity contribution in [2.24, 2.45) is 0 Å². The van der Waals surface area contributed by atoms with Crippen LogP contribution in [0.1, 0.15) is 65.2 Å². The fraction of sp³-hybridized carbons (Fsp3) is 0.387. The molecule has 0 aliphatic rings. The lowest BCUT2D eigenvalue weighted by Crippen LogP contribution is -2.00. The first-order valence-electron chi connectivity index (χ1n) is 13.6. The Balaban J connectivity index is 1.61. The molecule has 0 aliphatic heterocycles. The van der Waals surface area contributed by atoms with Gasteiger partial charge in [0.05, 0.1) is 29.1 Å². The number of rotatable bonds is 14. The van der Waals surface area contributed by atoms with Crippen molar-refractivity contribution < 1.29 is 9.47 Å². The Kier molecular flexibility index (Phi) is 10.9. The highest BCUT2D eigenvalue weighted by Crippen LogP contribution is 2.35. The molecule has 2 heterocycles. The number of benzene rings is 2. The number of aromatic nitrogens is 3. The standard InChI is InChI=1S/C31H35Br2N3O2/c1-3-5-7-9-19-37-24-15-11-22(12-16-24)27-28(36-30-29(35-27)26(32)21-34-31(30)33)23-13-17-25(18-14-23)38-20-10-8-6-4-2/h11-18,21H,3-10,19-20H2,1-2H3. The number of pyridine rings is 1. The number of fused-ring (bicyclic) bond motifs is 1. The second-order valence-corrected chi connectivity index (χ2v) is 11.0. The van der Waals surface area contributed by atoms with Gasteiger partial charge >= 0.3 is 0 Å². The first-order valence-corrected chi connectivity index (χ1v) is 15.2. The molecule has 7 heteroatoms. The van der Waals surface area contributed by atoms with Gasteiger partial charge in [-0.2, -0.15) is 0 Å². The summed E-state index contributed by atoms with van der Waals surface area (Å²) in [7, 11) is 0. The van der Waals surface area contributed by atoms with Crippen molar-refractivity contribution in [1.82, 2.24) is 15.0 Å². The smallest absolute Gasteiger partial charge is 0.133 e. The highest BCUT2D eigenvalue weighted by molar-refractivity contribution is 9.11. The fourth-order valence-corrected chi connectivity index (χ4v) is 5.00. The average molecular weight is 641 g/mol. The lowest BCUT2D eigenvalue weighted by atomic mass is 10.0. The van der Waals surface area contributed by atoms with Crippen LogP contribution in [0.25, 0.3) is 33.5 Å². The molecule has 4 aromatic rings. The summed E-state index contributed by atoms with van der Waals surface area (Å²) in [6, 6.07) is 16.2. The van der Waals surface area contributed by atoms with E-state index in [0.29, 0.717) is 10.1 Å². The second kappa shape index (κ2) is 14.6. The van der Waals surface area contributed by atoms with Gasteiger partial charge in [0.2, 0.25) is 0 Å². The van der Waals surface area contributed by atoms with Crippen molar-refractivity contribution in [1.29, 1.82) is 0 Å². The van der Waals surface area contributed by atoms with Crippen LogP contribution in [0, 0.1) is 0 Å².